The van der Waals surface area contributed by atoms with Crippen molar-refractivity contribution in [1.82, 2.24) is 18.9 Å². The van der Waals surface area contributed by atoms with Crippen molar-refractivity contribution < 1.29 is 14.6 Å². The van der Waals surface area contributed by atoms with E-state index >= 15 is 0 Å². The molecule has 0 aliphatic carbocycles. The molecular weight excluding hydrogens is 408 g/mol. The topological polar surface area (TPSA) is 89.1 Å². The number of ether oxygens (including phenoxy) is 1. The van der Waals surface area contributed by atoms with Gasteiger partial charge in [0.05, 0.1) is 22.7 Å². The van der Waals surface area contributed by atoms with Gasteiger partial charge in [-0.1, -0.05) is 6.07 Å². The predicted molar refractivity (Wildman–Crippen MR) is 123 cm³/mol. The molecule has 1 unspecified atom stereocenters. The molecular formula is C24H32N4O4. The van der Waals surface area contributed by atoms with Crippen LogP contribution in [0, 0.1) is 6.92 Å². The smallest absolute Gasteiger partial charge is 0.410 e. The first kappa shape index (κ1) is 22.3. The highest BCUT2D eigenvalue weighted by atomic mass is 16.6. The van der Waals surface area contributed by atoms with Gasteiger partial charge in [-0.05, 0) is 59.1 Å². The van der Waals surface area contributed by atoms with Crippen LogP contribution in [0.3, 0.4) is 0 Å². The lowest BCUT2D eigenvalue weighted by molar-refractivity contribution is 0.0204. The number of hydrogen-bond acceptors (Lipinski definition) is 5. The van der Waals surface area contributed by atoms with Crippen molar-refractivity contribution in [2.45, 2.75) is 65.1 Å². The molecule has 0 spiro atoms. The number of piperidine rings is 1. The van der Waals surface area contributed by atoms with Crippen molar-refractivity contribution in [3.8, 4) is 0 Å². The zero-order valence-corrected chi connectivity index (χ0v) is 19.7. The number of amides is 1. The predicted octanol–water partition coefficient (Wildman–Crippen LogP) is 3.66. The highest BCUT2D eigenvalue weighted by Gasteiger charge is 2.30. The number of aromatic nitrogens is 3. The molecule has 1 amide bonds. The number of carbonyl (C=O) groups excluding carboxylic acids is 1. The molecule has 1 aliphatic heterocycles. The third-order valence-corrected chi connectivity index (χ3v) is 6.13. The van der Waals surface area contributed by atoms with E-state index in [2.05, 4.69) is 0 Å². The minimum atomic E-state index is -0.712. The summed E-state index contributed by atoms with van der Waals surface area (Å²) in [7, 11) is 1.77. The van der Waals surface area contributed by atoms with E-state index in [1.54, 1.807) is 29.8 Å². The molecule has 4 rings (SSSR count). The maximum atomic E-state index is 13.2. The van der Waals surface area contributed by atoms with Crippen LogP contribution in [0.4, 0.5) is 4.79 Å². The lowest BCUT2D eigenvalue weighted by atomic mass is 9.93. The molecule has 1 saturated heterocycles. The second-order valence-electron chi connectivity index (χ2n) is 9.86. The Morgan fingerprint density at radius 2 is 1.91 bits per heavy atom. The second kappa shape index (κ2) is 7.92. The molecule has 3 heterocycles. The van der Waals surface area contributed by atoms with E-state index in [-0.39, 0.29) is 17.6 Å². The zero-order chi connectivity index (χ0) is 23.4. The van der Waals surface area contributed by atoms with Crippen molar-refractivity contribution in [1.29, 1.82) is 0 Å². The summed E-state index contributed by atoms with van der Waals surface area (Å²) in [6.45, 7) is 10.4. The van der Waals surface area contributed by atoms with Gasteiger partial charge in [0, 0.05) is 31.6 Å². The number of nitrogens with zero attached hydrogens (tertiary/aromatic N) is 4. The van der Waals surface area contributed by atoms with E-state index in [1.165, 1.54) is 0 Å². The quantitative estimate of drug-likeness (QED) is 0.657. The Hall–Kier alpha value is -2.87. The minimum absolute atomic E-state index is 0.106. The first-order valence-corrected chi connectivity index (χ1v) is 11.1. The lowest BCUT2D eigenvalue weighted by Gasteiger charge is -2.33. The standard InChI is InChI=1S/C24H32N4O4/c1-14-11-17(15(2)29)20-18(12-14)22(30)26(6)21-19(25-13-28(20)21)16-7-9-27(10-8-16)23(31)32-24(3,4)5/h11-13,15-16,29H,7-10H2,1-6H3. The van der Waals surface area contributed by atoms with Crippen LogP contribution in [0.5, 0.6) is 0 Å². The summed E-state index contributed by atoms with van der Waals surface area (Å²) in [6, 6.07) is 3.78. The Labute approximate surface area is 187 Å². The van der Waals surface area contributed by atoms with E-state index in [4.69, 9.17) is 9.72 Å². The Morgan fingerprint density at radius 1 is 1.25 bits per heavy atom. The lowest BCUT2D eigenvalue weighted by Crippen LogP contribution is -2.41. The van der Waals surface area contributed by atoms with Gasteiger partial charge < -0.3 is 14.7 Å². The average molecular weight is 441 g/mol. The monoisotopic (exact) mass is 440 g/mol. The van der Waals surface area contributed by atoms with Gasteiger partial charge in [-0.2, -0.15) is 0 Å². The van der Waals surface area contributed by atoms with E-state index in [9.17, 15) is 14.7 Å². The van der Waals surface area contributed by atoms with Crippen LogP contribution < -0.4 is 5.56 Å². The Kier molecular flexibility index (Phi) is 5.53. The molecule has 1 N–H and O–H groups in total. The molecule has 1 fully saturated rings. The maximum absolute atomic E-state index is 13.2. The number of fused-ring (bicyclic) bond motifs is 3. The molecule has 0 bridgehead atoms. The summed E-state index contributed by atoms with van der Waals surface area (Å²) in [5.74, 6) is 0.127. The van der Waals surface area contributed by atoms with Crippen molar-refractivity contribution >= 4 is 22.6 Å². The van der Waals surface area contributed by atoms with Crippen molar-refractivity contribution in [3.05, 3.63) is 45.6 Å². The fourth-order valence-electron chi connectivity index (χ4n) is 4.64. The SMILES string of the molecule is Cc1cc(C(C)O)c2c(c1)c(=O)n(C)c1c(C3CCN(C(=O)OC(C)(C)C)CC3)ncn21. The van der Waals surface area contributed by atoms with Gasteiger partial charge in [0.25, 0.3) is 5.56 Å². The van der Waals surface area contributed by atoms with Gasteiger partial charge >= 0.3 is 6.09 Å². The summed E-state index contributed by atoms with van der Waals surface area (Å²) in [4.78, 5) is 32.1. The normalized spacial score (nSPS) is 16.7. The average Bonchev–Trinajstić information content (AvgIpc) is 3.15. The van der Waals surface area contributed by atoms with Gasteiger partial charge in [0.1, 0.15) is 17.6 Å². The molecule has 3 aromatic rings. The second-order valence-corrected chi connectivity index (χ2v) is 9.86. The van der Waals surface area contributed by atoms with Crippen LogP contribution in [-0.2, 0) is 11.8 Å². The van der Waals surface area contributed by atoms with Crippen molar-refractivity contribution in [2.75, 3.05) is 13.1 Å². The Balaban J connectivity index is 1.73. The number of rotatable bonds is 2. The van der Waals surface area contributed by atoms with Gasteiger partial charge in [-0.25, -0.2) is 9.78 Å². The van der Waals surface area contributed by atoms with Crippen molar-refractivity contribution in [3.63, 3.8) is 0 Å². The molecule has 8 nitrogen and oxygen atoms in total. The van der Waals surface area contributed by atoms with Crippen LogP contribution in [0.15, 0.2) is 23.3 Å². The number of benzene rings is 1. The first-order valence-electron chi connectivity index (χ1n) is 11.1. The number of aryl methyl sites for hydroxylation is 2. The highest BCUT2D eigenvalue weighted by Crippen LogP contribution is 2.32. The van der Waals surface area contributed by atoms with Gasteiger partial charge in [0.2, 0.25) is 0 Å². The Morgan fingerprint density at radius 3 is 2.50 bits per heavy atom. The van der Waals surface area contributed by atoms with Crippen LogP contribution in [-0.4, -0.2) is 48.7 Å². The maximum Gasteiger partial charge on any atom is 0.410 e. The summed E-state index contributed by atoms with van der Waals surface area (Å²) in [5.41, 5.74) is 3.31. The van der Waals surface area contributed by atoms with Gasteiger partial charge in [0.15, 0.2) is 0 Å². The summed E-state index contributed by atoms with van der Waals surface area (Å²) >= 11 is 0. The molecule has 0 radical (unpaired) electrons. The fourth-order valence-corrected chi connectivity index (χ4v) is 4.64. The van der Waals surface area contributed by atoms with Gasteiger partial charge in [-0.15, -0.1) is 0 Å². The molecule has 1 atom stereocenters. The molecule has 1 aliphatic rings. The Bertz CT molecular complexity index is 1240. The van der Waals surface area contributed by atoms with Crippen LogP contribution in [0.1, 0.15) is 69.4 Å². The molecule has 32 heavy (non-hydrogen) atoms. The largest absolute Gasteiger partial charge is 0.444 e. The van der Waals surface area contributed by atoms with Crippen molar-refractivity contribution in [2.24, 2.45) is 7.05 Å². The molecule has 172 valence electrons. The van der Waals surface area contributed by atoms with Crippen LogP contribution in [0.25, 0.3) is 16.6 Å². The fraction of sp³-hybridized carbons (Fsp3) is 0.542. The van der Waals surface area contributed by atoms with Gasteiger partial charge in [-0.3, -0.25) is 13.8 Å². The highest BCUT2D eigenvalue weighted by molar-refractivity contribution is 5.85. The number of hydrogen-bond donors (Lipinski definition) is 1. The summed E-state index contributed by atoms with van der Waals surface area (Å²) < 4.78 is 9.07. The zero-order valence-electron chi connectivity index (χ0n) is 19.7. The van der Waals surface area contributed by atoms with E-state index < -0.39 is 11.7 Å². The number of likely N-dealkylation sites (tertiary alicyclic amines) is 1. The summed E-state index contributed by atoms with van der Waals surface area (Å²) in [5, 5.41) is 11.0. The number of imidazole rings is 1. The third kappa shape index (κ3) is 3.88. The third-order valence-electron chi connectivity index (χ3n) is 6.13. The first-order chi connectivity index (χ1) is 15.0. The molecule has 8 heteroatoms. The minimum Gasteiger partial charge on any atom is -0.444 e. The summed E-state index contributed by atoms with van der Waals surface area (Å²) in [6.07, 6.45) is 2.23. The van der Waals surface area contributed by atoms with E-state index in [1.807, 2.05) is 44.2 Å². The molecule has 1 aromatic carbocycles. The molecule has 0 saturated carbocycles. The van der Waals surface area contributed by atoms with Crippen LogP contribution in [0.2, 0.25) is 0 Å². The number of aliphatic hydroxyl groups excluding tert-OH is 1. The van der Waals surface area contributed by atoms with Crippen LogP contribution >= 0.6 is 0 Å². The van der Waals surface area contributed by atoms with E-state index in [0.29, 0.717) is 29.6 Å². The molecule has 2 aromatic heterocycles. The number of aliphatic hydroxyl groups is 1. The van der Waals surface area contributed by atoms with E-state index in [0.717, 1.165) is 29.7 Å². The number of carbonyl (C=O) groups is 1.